The SMILES string of the molecule is C[C@]1(C(F)(F)F)CCCCCN(Cc2ccc(C34CC(C3)C4)cc2)C(=O)c2nc(c(N)cc2C(F)(F)F)-c2nnc1o2. The van der Waals surface area contributed by atoms with E-state index in [9.17, 15) is 31.1 Å². The van der Waals surface area contributed by atoms with Crippen LogP contribution < -0.4 is 5.73 Å². The number of hydrogen-bond acceptors (Lipinski definition) is 6. The zero-order valence-corrected chi connectivity index (χ0v) is 22.8. The molecule has 0 spiro atoms. The highest BCUT2D eigenvalue weighted by atomic mass is 19.4. The van der Waals surface area contributed by atoms with E-state index in [1.54, 1.807) is 0 Å². The van der Waals surface area contributed by atoms with Gasteiger partial charge in [0.15, 0.2) is 5.69 Å². The Labute approximate surface area is 237 Å². The summed E-state index contributed by atoms with van der Waals surface area (Å²) in [6, 6.07) is 8.28. The number of halogens is 6. The number of nitrogens with zero attached hydrogens (tertiary/aromatic N) is 4. The average molecular weight is 594 g/mol. The molecule has 0 unspecified atom stereocenters. The first-order valence-electron chi connectivity index (χ1n) is 13.9. The molecule has 3 heterocycles. The Kier molecular flexibility index (Phi) is 6.58. The number of pyridine rings is 1. The third kappa shape index (κ3) is 4.70. The van der Waals surface area contributed by atoms with Gasteiger partial charge in [0.25, 0.3) is 11.8 Å². The van der Waals surface area contributed by atoms with Gasteiger partial charge in [-0.3, -0.25) is 4.79 Å². The number of benzene rings is 1. The molecule has 3 aliphatic carbocycles. The second kappa shape index (κ2) is 9.70. The predicted molar refractivity (Wildman–Crippen MR) is 139 cm³/mol. The van der Waals surface area contributed by atoms with Crippen LogP contribution >= 0.6 is 0 Å². The molecule has 1 atom stereocenters. The van der Waals surface area contributed by atoms with E-state index in [1.165, 1.54) is 10.5 Å². The van der Waals surface area contributed by atoms with Crippen molar-refractivity contribution in [3.63, 3.8) is 0 Å². The van der Waals surface area contributed by atoms with Gasteiger partial charge in [-0.1, -0.05) is 37.1 Å². The first kappa shape index (κ1) is 28.5. The van der Waals surface area contributed by atoms with Crippen molar-refractivity contribution in [3.8, 4) is 11.6 Å². The maximum atomic E-state index is 14.2. The van der Waals surface area contributed by atoms with Crippen LogP contribution in [0.15, 0.2) is 34.7 Å². The lowest BCUT2D eigenvalue weighted by molar-refractivity contribution is -0.194. The fourth-order valence-electron chi connectivity index (χ4n) is 6.37. The summed E-state index contributed by atoms with van der Waals surface area (Å²) in [6.45, 7) is 0.960. The zero-order chi connectivity index (χ0) is 30.1. The van der Waals surface area contributed by atoms with Crippen LogP contribution in [0.4, 0.5) is 32.0 Å². The van der Waals surface area contributed by atoms with Gasteiger partial charge in [0.05, 0.1) is 11.3 Å². The van der Waals surface area contributed by atoms with Crippen molar-refractivity contribution in [1.82, 2.24) is 20.1 Å². The third-order valence-corrected chi connectivity index (χ3v) is 9.16. The highest BCUT2D eigenvalue weighted by molar-refractivity contribution is 5.95. The van der Waals surface area contributed by atoms with Crippen molar-refractivity contribution in [3.05, 3.63) is 58.6 Å². The molecule has 3 aromatic rings. The van der Waals surface area contributed by atoms with Gasteiger partial charge in [0.2, 0.25) is 5.89 Å². The summed E-state index contributed by atoms with van der Waals surface area (Å²) in [6.07, 6.45) is -5.95. The maximum absolute atomic E-state index is 14.2. The summed E-state index contributed by atoms with van der Waals surface area (Å²) in [4.78, 5) is 18.9. The van der Waals surface area contributed by atoms with Crippen molar-refractivity contribution in [1.29, 1.82) is 0 Å². The summed E-state index contributed by atoms with van der Waals surface area (Å²) in [5.74, 6) is -1.54. The Morgan fingerprint density at radius 1 is 1.00 bits per heavy atom. The smallest absolute Gasteiger partial charge is 0.418 e. The number of rotatable bonds is 3. The van der Waals surface area contributed by atoms with E-state index in [1.807, 2.05) is 24.3 Å². The minimum absolute atomic E-state index is 0.00159. The number of alkyl halides is 6. The Bertz CT molecular complexity index is 1500. The highest BCUT2D eigenvalue weighted by Gasteiger charge is 2.57. The minimum Gasteiger partial charge on any atom is -0.418 e. The maximum Gasteiger partial charge on any atom is 0.418 e. The van der Waals surface area contributed by atoms with Crippen molar-refractivity contribution >= 4 is 11.6 Å². The van der Waals surface area contributed by atoms with Gasteiger partial charge >= 0.3 is 12.4 Å². The van der Waals surface area contributed by atoms with E-state index in [2.05, 4.69) is 15.2 Å². The van der Waals surface area contributed by atoms with E-state index in [0.717, 1.165) is 37.7 Å². The molecule has 3 saturated carbocycles. The molecular weight excluding hydrogens is 564 g/mol. The van der Waals surface area contributed by atoms with Gasteiger partial charge in [-0.25, -0.2) is 4.98 Å². The van der Waals surface area contributed by atoms with E-state index in [0.29, 0.717) is 6.07 Å². The van der Waals surface area contributed by atoms with Crippen LogP contribution in [0, 0.1) is 5.92 Å². The van der Waals surface area contributed by atoms with Gasteiger partial charge in [-0.2, -0.15) is 26.3 Å². The molecule has 42 heavy (non-hydrogen) atoms. The number of aromatic nitrogens is 3. The van der Waals surface area contributed by atoms with Crippen LogP contribution in [-0.4, -0.2) is 38.7 Å². The molecule has 4 aliphatic rings. The lowest BCUT2D eigenvalue weighted by atomic mass is 9.42. The molecule has 7 rings (SSSR count). The van der Waals surface area contributed by atoms with E-state index >= 15 is 0 Å². The van der Waals surface area contributed by atoms with E-state index in [-0.39, 0.29) is 44.2 Å². The molecule has 1 aromatic carbocycles. The number of nitrogen functional groups attached to an aromatic ring is 1. The molecular formula is C29H29F6N5O2. The van der Waals surface area contributed by atoms with Crippen molar-refractivity contribution in [2.24, 2.45) is 5.92 Å². The summed E-state index contributed by atoms with van der Waals surface area (Å²) in [7, 11) is 0. The number of hydrogen-bond donors (Lipinski definition) is 1. The van der Waals surface area contributed by atoms with Crippen molar-refractivity contribution < 1.29 is 35.6 Å². The molecule has 2 aromatic heterocycles. The van der Waals surface area contributed by atoms with Crippen LogP contribution in [0.25, 0.3) is 11.6 Å². The number of carbonyl (C=O) groups is 1. The first-order valence-corrected chi connectivity index (χ1v) is 13.9. The number of fused-ring (bicyclic) bond motifs is 5. The van der Waals surface area contributed by atoms with Crippen LogP contribution in [0.5, 0.6) is 0 Å². The topological polar surface area (TPSA) is 98.1 Å². The van der Waals surface area contributed by atoms with Gasteiger partial charge in [-0.15, -0.1) is 10.2 Å². The summed E-state index contributed by atoms with van der Waals surface area (Å²) in [5, 5.41) is 7.20. The van der Waals surface area contributed by atoms with E-state index < -0.39 is 58.1 Å². The van der Waals surface area contributed by atoms with Crippen molar-refractivity contribution in [2.45, 2.75) is 81.6 Å². The molecule has 13 heteroatoms. The summed E-state index contributed by atoms with van der Waals surface area (Å²) in [5.41, 5.74) is 2.18. The standard InChI is InChI=1S/C29H29F6N5O2/c1-26(29(33,34)35)9-3-2-4-10-40(15-16-5-7-18(8-6-16)27-12-17(13-27)14-27)24(41)21-19(28(30,31)32)11-20(36)22(37-21)23-38-39-25(26)42-23/h5-8,11,17H,2-4,9-10,12-15,36H2,1H3/t17?,26-,27?/m0/s1. The second-order valence-corrected chi connectivity index (χ2v) is 12.1. The van der Waals surface area contributed by atoms with Crippen LogP contribution in [0.1, 0.15) is 84.9 Å². The summed E-state index contributed by atoms with van der Waals surface area (Å²) < 4.78 is 90.3. The monoisotopic (exact) mass is 593 g/mol. The summed E-state index contributed by atoms with van der Waals surface area (Å²) >= 11 is 0. The molecule has 3 fully saturated rings. The van der Waals surface area contributed by atoms with Gasteiger partial charge in [0, 0.05) is 13.1 Å². The Balaban J connectivity index is 1.39. The molecule has 1 amide bonds. The Hall–Kier alpha value is -3.64. The lowest BCUT2D eigenvalue weighted by Gasteiger charge is -2.62. The first-order chi connectivity index (χ1) is 19.7. The molecule has 2 N–H and O–H groups in total. The molecule has 7 nitrogen and oxygen atoms in total. The number of amides is 1. The largest absolute Gasteiger partial charge is 0.418 e. The van der Waals surface area contributed by atoms with Crippen LogP contribution in [0.2, 0.25) is 0 Å². The Morgan fingerprint density at radius 3 is 2.29 bits per heavy atom. The fourth-order valence-corrected chi connectivity index (χ4v) is 6.37. The molecule has 0 saturated heterocycles. The number of carbonyl (C=O) groups excluding carboxylic acids is 1. The van der Waals surface area contributed by atoms with Crippen molar-refractivity contribution in [2.75, 3.05) is 12.3 Å². The Morgan fingerprint density at radius 2 is 1.69 bits per heavy atom. The predicted octanol–water partition coefficient (Wildman–Crippen LogP) is 6.82. The van der Waals surface area contributed by atoms with Gasteiger partial charge in [-0.05, 0) is 67.6 Å². The second-order valence-electron chi connectivity index (χ2n) is 12.1. The minimum atomic E-state index is -4.99. The van der Waals surface area contributed by atoms with Crippen LogP contribution in [-0.2, 0) is 23.6 Å². The van der Waals surface area contributed by atoms with Gasteiger partial charge < -0.3 is 15.1 Å². The molecule has 6 bridgehead atoms. The van der Waals surface area contributed by atoms with E-state index in [4.69, 9.17) is 10.2 Å². The molecule has 0 radical (unpaired) electrons. The fraction of sp³-hybridized carbons (Fsp3) is 0.517. The molecule has 224 valence electrons. The normalized spacial score (nSPS) is 26.3. The molecule has 1 aliphatic heterocycles. The number of anilines is 1. The lowest BCUT2D eigenvalue weighted by Crippen LogP contribution is -2.55. The highest BCUT2D eigenvalue weighted by Crippen LogP contribution is 2.65. The van der Waals surface area contributed by atoms with Crippen LogP contribution in [0.3, 0.4) is 0 Å². The average Bonchev–Trinajstić information content (AvgIpc) is 3.35. The number of nitrogens with two attached hydrogens (primary N) is 1. The quantitative estimate of drug-likeness (QED) is 0.335. The zero-order valence-electron chi connectivity index (χ0n) is 22.8. The van der Waals surface area contributed by atoms with Gasteiger partial charge in [0.1, 0.15) is 11.1 Å². The third-order valence-electron chi connectivity index (χ3n) is 9.16.